The number of nitrogens with zero attached hydrogens (tertiary/aromatic N) is 2. The molecule has 0 radical (unpaired) electrons. The van der Waals surface area contributed by atoms with E-state index < -0.39 is 0 Å². The van der Waals surface area contributed by atoms with Gasteiger partial charge < -0.3 is 10.1 Å². The first-order valence-corrected chi connectivity index (χ1v) is 7.22. The predicted octanol–water partition coefficient (Wildman–Crippen LogP) is 2.53. The average molecular weight is 267 g/mol. The van der Waals surface area contributed by atoms with Crippen LogP contribution in [-0.2, 0) is 11.3 Å². The van der Waals surface area contributed by atoms with Crippen molar-refractivity contribution in [2.45, 2.75) is 40.3 Å². The third-order valence-electron chi connectivity index (χ3n) is 2.85. The molecule has 0 spiro atoms. The van der Waals surface area contributed by atoms with Gasteiger partial charge in [-0.2, -0.15) is 0 Å². The predicted molar refractivity (Wildman–Crippen MR) is 75.3 cm³/mol. The van der Waals surface area contributed by atoms with Crippen molar-refractivity contribution < 1.29 is 4.74 Å². The smallest absolute Gasteiger partial charge is 0.194 e. The summed E-state index contributed by atoms with van der Waals surface area (Å²) in [5.74, 6) is 0. The first-order valence-electron chi connectivity index (χ1n) is 6.34. The molecule has 2 aromatic rings. The number of hydrogen-bond donors (Lipinski definition) is 1. The Morgan fingerprint density at radius 3 is 2.94 bits per heavy atom. The molecule has 0 saturated carbocycles. The normalized spacial score (nSPS) is 11.8. The highest BCUT2D eigenvalue weighted by Crippen LogP contribution is 2.20. The minimum Gasteiger partial charge on any atom is -0.377 e. The molecule has 0 atom stereocenters. The van der Waals surface area contributed by atoms with E-state index >= 15 is 0 Å². The number of rotatable bonds is 6. The maximum absolute atomic E-state index is 5.50. The summed E-state index contributed by atoms with van der Waals surface area (Å²) in [5.41, 5.74) is 3.63. The van der Waals surface area contributed by atoms with Gasteiger partial charge in [0.2, 0.25) is 0 Å². The third kappa shape index (κ3) is 2.91. The maximum Gasteiger partial charge on any atom is 0.194 e. The Hall–Kier alpha value is -0.910. The Bertz CT molecular complexity index is 516. The lowest BCUT2D eigenvalue weighted by Gasteiger charge is -2.09. The summed E-state index contributed by atoms with van der Waals surface area (Å²) in [6.07, 6.45) is 0.300. The fraction of sp³-hybridized carbons (Fsp3) is 0.615. The second kappa shape index (κ2) is 5.82. The molecular weight excluding hydrogens is 246 g/mol. The van der Waals surface area contributed by atoms with Gasteiger partial charge in [0.05, 0.1) is 24.1 Å². The van der Waals surface area contributed by atoms with E-state index in [2.05, 4.69) is 47.8 Å². The highest BCUT2D eigenvalue weighted by Gasteiger charge is 2.11. The molecule has 1 N–H and O–H groups in total. The summed E-state index contributed by atoms with van der Waals surface area (Å²) < 4.78 is 7.74. The largest absolute Gasteiger partial charge is 0.377 e. The number of hydrogen-bond acceptors (Lipinski definition) is 4. The van der Waals surface area contributed by atoms with E-state index in [1.165, 1.54) is 11.4 Å². The molecule has 0 aliphatic carbocycles. The molecule has 2 aromatic heterocycles. The Morgan fingerprint density at radius 1 is 1.44 bits per heavy atom. The van der Waals surface area contributed by atoms with E-state index in [-0.39, 0.29) is 0 Å². The van der Waals surface area contributed by atoms with Crippen LogP contribution in [0.25, 0.3) is 4.96 Å². The first-order chi connectivity index (χ1) is 8.59. The summed E-state index contributed by atoms with van der Waals surface area (Å²) in [4.78, 5) is 5.65. The Morgan fingerprint density at radius 2 is 2.22 bits per heavy atom. The molecule has 0 aromatic carbocycles. The van der Waals surface area contributed by atoms with E-state index in [1.807, 2.05) is 0 Å². The summed E-state index contributed by atoms with van der Waals surface area (Å²) in [7, 11) is 0. The Kier molecular flexibility index (Phi) is 4.37. The van der Waals surface area contributed by atoms with Crippen LogP contribution in [0.2, 0.25) is 0 Å². The van der Waals surface area contributed by atoms with Gasteiger partial charge in [0.15, 0.2) is 4.96 Å². The van der Waals surface area contributed by atoms with Gasteiger partial charge in [-0.05, 0) is 27.7 Å². The van der Waals surface area contributed by atoms with Gasteiger partial charge >= 0.3 is 0 Å². The third-order valence-corrected chi connectivity index (χ3v) is 3.80. The van der Waals surface area contributed by atoms with Crippen LogP contribution in [0.3, 0.4) is 0 Å². The summed E-state index contributed by atoms with van der Waals surface area (Å²) in [5, 5.41) is 5.56. The van der Waals surface area contributed by atoms with Crippen LogP contribution in [0.4, 0.5) is 0 Å². The van der Waals surface area contributed by atoms with Crippen molar-refractivity contribution in [3.63, 3.8) is 0 Å². The van der Waals surface area contributed by atoms with Crippen LogP contribution in [-0.4, -0.2) is 28.6 Å². The lowest BCUT2D eigenvalue weighted by molar-refractivity contribution is 0.0806. The van der Waals surface area contributed by atoms with Crippen molar-refractivity contribution in [3.05, 3.63) is 22.5 Å². The van der Waals surface area contributed by atoms with Crippen molar-refractivity contribution in [1.82, 2.24) is 14.7 Å². The van der Waals surface area contributed by atoms with Crippen molar-refractivity contribution in [3.8, 4) is 0 Å². The van der Waals surface area contributed by atoms with Gasteiger partial charge in [0, 0.05) is 24.2 Å². The van der Waals surface area contributed by atoms with Crippen LogP contribution in [0.1, 0.15) is 30.9 Å². The number of aryl methyl sites for hydroxylation is 2. The number of thiazole rings is 1. The van der Waals surface area contributed by atoms with Gasteiger partial charge in [-0.3, -0.25) is 4.40 Å². The molecule has 2 rings (SSSR count). The summed E-state index contributed by atoms with van der Waals surface area (Å²) in [6.45, 7) is 10.8. The van der Waals surface area contributed by atoms with Crippen molar-refractivity contribution >= 4 is 16.3 Å². The number of nitrogens with one attached hydrogen (secondary N) is 1. The molecule has 100 valence electrons. The van der Waals surface area contributed by atoms with Crippen LogP contribution < -0.4 is 5.32 Å². The molecule has 4 nitrogen and oxygen atoms in total. The fourth-order valence-corrected chi connectivity index (χ4v) is 2.88. The molecule has 0 saturated heterocycles. The van der Waals surface area contributed by atoms with E-state index in [0.717, 1.165) is 30.4 Å². The van der Waals surface area contributed by atoms with Gasteiger partial charge in [-0.25, -0.2) is 4.98 Å². The highest BCUT2D eigenvalue weighted by molar-refractivity contribution is 7.15. The molecule has 2 heterocycles. The molecule has 0 bridgehead atoms. The molecule has 0 aliphatic rings. The number of aromatic nitrogens is 2. The highest BCUT2D eigenvalue weighted by atomic mass is 32.1. The molecule has 0 amide bonds. The van der Waals surface area contributed by atoms with E-state index in [1.54, 1.807) is 11.3 Å². The zero-order chi connectivity index (χ0) is 13.1. The second-order valence-electron chi connectivity index (χ2n) is 4.74. The zero-order valence-corrected chi connectivity index (χ0v) is 12.3. The monoisotopic (exact) mass is 267 g/mol. The lowest BCUT2D eigenvalue weighted by Crippen LogP contribution is -2.22. The number of fused-ring (bicyclic) bond motifs is 1. The maximum atomic E-state index is 5.50. The second-order valence-corrected chi connectivity index (χ2v) is 5.57. The van der Waals surface area contributed by atoms with Gasteiger partial charge in [0.1, 0.15) is 0 Å². The molecule has 0 unspecified atom stereocenters. The SMILES string of the molecule is Cc1nc2scc(C)n2c1CNCCOC(C)C. The quantitative estimate of drug-likeness (QED) is 0.817. The van der Waals surface area contributed by atoms with Crippen LogP contribution >= 0.6 is 11.3 Å². The number of ether oxygens (including phenoxy) is 1. The van der Waals surface area contributed by atoms with Crippen molar-refractivity contribution in [2.24, 2.45) is 0 Å². The standard InChI is InChI=1S/C13H21N3OS/c1-9(2)17-6-5-14-7-12-11(4)15-13-16(12)10(3)8-18-13/h8-9,14H,5-7H2,1-4H3. The molecule has 0 aliphatic heterocycles. The van der Waals surface area contributed by atoms with Crippen LogP contribution in [0.15, 0.2) is 5.38 Å². The topological polar surface area (TPSA) is 38.6 Å². The van der Waals surface area contributed by atoms with E-state index in [9.17, 15) is 0 Å². The average Bonchev–Trinajstić information content (AvgIpc) is 2.79. The molecular formula is C13H21N3OS. The fourth-order valence-electron chi connectivity index (χ4n) is 1.95. The van der Waals surface area contributed by atoms with Gasteiger partial charge in [0.25, 0.3) is 0 Å². The van der Waals surface area contributed by atoms with Crippen molar-refractivity contribution in [2.75, 3.05) is 13.2 Å². The summed E-state index contributed by atoms with van der Waals surface area (Å²) in [6, 6.07) is 0. The first kappa shape index (κ1) is 13.5. The van der Waals surface area contributed by atoms with Gasteiger partial charge in [-0.15, -0.1) is 11.3 Å². The van der Waals surface area contributed by atoms with Gasteiger partial charge in [-0.1, -0.05) is 0 Å². The summed E-state index contributed by atoms with van der Waals surface area (Å²) >= 11 is 1.70. The zero-order valence-electron chi connectivity index (χ0n) is 11.5. The minimum atomic E-state index is 0.300. The lowest BCUT2D eigenvalue weighted by atomic mass is 10.3. The van der Waals surface area contributed by atoms with E-state index in [0.29, 0.717) is 6.10 Å². The molecule has 5 heteroatoms. The minimum absolute atomic E-state index is 0.300. The molecule has 0 fully saturated rings. The van der Waals surface area contributed by atoms with Crippen molar-refractivity contribution in [1.29, 1.82) is 0 Å². The Balaban J connectivity index is 1.94. The number of imidazole rings is 1. The molecule has 18 heavy (non-hydrogen) atoms. The Labute approximate surface area is 112 Å². The van der Waals surface area contributed by atoms with Crippen LogP contribution in [0, 0.1) is 13.8 Å². The van der Waals surface area contributed by atoms with E-state index in [4.69, 9.17) is 4.74 Å². The van der Waals surface area contributed by atoms with Crippen LogP contribution in [0.5, 0.6) is 0 Å².